The zero-order valence-electron chi connectivity index (χ0n) is 10.6. The summed E-state index contributed by atoms with van der Waals surface area (Å²) in [4.78, 5) is 0.520. The molecule has 0 spiro atoms. The molecule has 0 aliphatic carbocycles. The molecule has 2 nitrogen and oxygen atoms in total. The summed E-state index contributed by atoms with van der Waals surface area (Å²) in [5.74, 6) is 0. The summed E-state index contributed by atoms with van der Waals surface area (Å²) in [5, 5.41) is 0. The smallest absolute Gasteiger partial charge is 0.175 e. The fourth-order valence-corrected chi connectivity index (χ4v) is 3.61. The van der Waals surface area contributed by atoms with Crippen molar-refractivity contribution < 1.29 is 8.42 Å². The van der Waals surface area contributed by atoms with Crippen molar-refractivity contribution in [1.29, 1.82) is 0 Å². The van der Waals surface area contributed by atoms with Gasteiger partial charge in [-0.15, -0.1) is 0 Å². The van der Waals surface area contributed by atoms with Crippen molar-refractivity contribution in [3.8, 4) is 0 Å². The zero-order valence-corrected chi connectivity index (χ0v) is 13.0. The SMILES string of the molecule is CS(=O)(=O)c1ccccc1CC(Br)c1ccccc1. The summed E-state index contributed by atoms with van der Waals surface area (Å²) in [7, 11) is -3.18. The maximum absolute atomic E-state index is 11.8. The molecule has 0 bridgehead atoms. The maximum atomic E-state index is 11.8. The Morgan fingerprint density at radius 3 is 2.21 bits per heavy atom. The van der Waals surface area contributed by atoms with Gasteiger partial charge in [0.2, 0.25) is 0 Å². The predicted octanol–water partition coefficient (Wildman–Crippen LogP) is 3.77. The summed E-state index contributed by atoms with van der Waals surface area (Å²) in [6.45, 7) is 0. The molecule has 0 N–H and O–H groups in total. The number of rotatable bonds is 4. The van der Waals surface area contributed by atoms with Crippen LogP contribution in [-0.4, -0.2) is 14.7 Å². The molecule has 0 aliphatic heterocycles. The minimum Gasteiger partial charge on any atom is -0.224 e. The van der Waals surface area contributed by atoms with Gasteiger partial charge in [-0.3, -0.25) is 0 Å². The molecule has 0 aliphatic rings. The molecule has 100 valence electrons. The van der Waals surface area contributed by atoms with Crippen LogP contribution in [-0.2, 0) is 16.3 Å². The van der Waals surface area contributed by atoms with Crippen molar-refractivity contribution in [1.82, 2.24) is 0 Å². The molecule has 0 aromatic heterocycles. The summed E-state index contributed by atoms with van der Waals surface area (Å²) in [6, 6.07) is 17.1. The average molecular weight is 339 g/mol. The number of halogens is 1. The fourth-order valence-electron chi connectivity index (χ4n) is 2.01. The molecule has 4 heteroatoms. The minimum absolute atomic E-state index is 0.108. The van der Waals surface area contributed by atoms with Crippen molar-refractivity contribution in [2.24, 2.45) is 0 Å². The number of alkyl halides is 1. The molecule has 1 atom stereocenters. The van der Waals surface area contributed by atoms with E-state index in [1.807, 2.05) is 42.5 Å². The van der Waals surface area contributed by atoms with Gasteiger partial charge in [0.1, 0.15) is 0 Å². The summed E-state index contributed by atoms with van der Waals surface area (Å²) < 4.78 is 23.5. The lowest BCUT2D eigenvalue weighted by molar-refractivity contribution is 0.600. The van der Waals surface area contributed by atoms with E-state index in [0.29, 0.717) is 11.3 Å². The normalized spacial score (nSPS) is 13.2. The first-order valence-corrected chi connectivity index (χ1v) is 8.76. The number of sulfone groups is 1. The van der Waals surface area contributed by atoms with Gasteiger partial charge in [0.15, 0.2) is 9.84 Å². The van der Waals surface area contributed by atoms with Gasteiger partial charge in [0.05, 0.1) is 4.90 Å². The van der Waals surface area contributed by atoms with Crippen molar-refractivity contribution in [3.63, 3.8) is 0 Å². The second-order valence-corrected chi connectivity index (χ2v) is 7.55. The van der Waals surface area contributed by atoms with E-state index in [9.17, 15) is 8.42 Å². The Labute approximate surface area is 122 Å². The predicted molar refractivity (Wildman–Crippen MR) is 81.4 cm³/mol. The summed E-state index contributed by atoms with van der Waals surface area (Å²) >= 11 is 3.63. The molecule has 0 heterocycles. The van der Waals surface area contributed by atoms with Crippen molar-refractivity contribution in [2.45, 2.75) is 16.1 Å². The molecule has 2 aromatic rings. The molecule has 0 saturated heterocycles. The third kappa shape index (κ3) is 3.67. The summed E-state index contributed by atoms with van der Waals surface area (Å²) in [6.07, 6.45) is 1.89. The molecule has 1 unspecified atom stereocenters. The van der Waals surface area contributed by atoms with Crippen LogP contribution < -0.4 is 0 Å². The van der Waals surface area contributed by atoms with Gasteiger partial charge in [-0.05, 0) is 23.6 Å². The van der Waals surface area contributed by atoms with E-state index < -0.39 is 9.84 Å². The van der Waals surface area contributed by atoms with Gasteiger partial charge in [0, 0.05) is 11.1 Å². The molecular weight excluding hydrogens is 324 g/mol. The monoisotopic (exact) mass is 338 g/mol. The van der Waals surface area contributed by atoms with Crippen LogP contribution in [0.2, 0.25) is 0 Å². The highest BCUT2D eigenvalue weighted by Gasteiger charge is 2.16. The third-order valence-electron chi connectivity index (χ3n) is 2.93. The number of hydrogen-bond donors (Lipinski definition) is 0. The first-order valence-electron chi connectivity index (χ1n) is 5.95. The largest absolute Gasteiger partial charge is 0.224 e. The van der Waals surface area contributed by atoms with Crippen LogP contribution in [0.1, 0.15) is 16.0 Å². The van der Waals surface area contributed by atoms with E-state index in [1.54, 1.807) is 12.1 Å². The standard InChI is InChI=1S/C15H15BrO2S/c1-19(17,18)15-10-6-5-9-13(15)11-14(16)12-7-3-2-4-8-12/h2-10,14H,11H2,1H3. The van der Waals surface area contributed by atoms with Crippen LogP contribution in [0.25, 0.3) is 0 Å². The van der Waals surface area contributed by atoms with E-state index in [0.717, 1.165) is 11.1 Å². The van der Waals surface area contributed by atoms with Crippen LogP contribution in [0.15, 0.2) is 59.5 Å². The third-order valence-corrected chi connectivity index (χ3v) is 4.98. The van der Waals surface area contributed by atoms with Crippen molar-refractivity contribution in [2.75, 3.05) is 6.26 Å². The Morgan fingerprint density at radius 2 is 1.58 bits per heavy atom. The second kappa shape index (κ2) is 5.88. The number of benzene rings is 2. The van der Waals surface area contributed by atoms with Crippen molar-refractivity contribution >= 4 is 25.8 Å². The molecule has 0 fully saturated rings. The van der Waals surface area contributed by atoms with Crippen LogP contribution in [0, 0.1) is 0 Å². The quantitative estimate of drug-likeness (QED) is 0.795. The van der Waals surface area contributed by atoms with Gasteiger partial charge >= 0.3 is 0 Å². The van der Waals surface area contributed by atoms with E-state index in [1.165, 1.54) is 6.26 Å². The lowest BCUT2D eigenvalue weighted by Crippen LogP contribution is -2.04. The molecule has 0 saturated carbocycles. The van der Waals surface area contributed by atoms with Crippen LogP contribution in [0.3, 0.4) is 0 Å². The highest BCUT2D eigenvalue weighted by molar-refractivity contribution is 9.09. The Morgan fingerprint density at radius 1 is 1.00 bits per heavy atom. The number of hydrogen-bond acceptors (Lipinski definition) is 2. The van der Waals surface area contributed by atoms with Crippen LogP contribution >= 0.6 is 15.9 Å². The second-order valence-electron chi connectivity index (χ2n) is 4.46. The Bertz CT molecular complexity index is 651. The Balaban J connectivity index is 2.30. The molecule has 2 rings (SSSR count). The van der Waals surface area contributed by atoms with Gasteiger partial charge < -0.3 is 0 Å². The Kier molecular flexibility index (Phi) is 4.42. The fraction of sp³-hybridized carbons (Fsp3) is 0.200. The molecule has 0 amide bonds. The molecule has 19 heavy (non-hydrogen) atoms. The van der Waals surface area contributed by atoms with Gasteiger partial charge in [-0.25, -0.2) is 8.42 Å². The maximum Gasteiger partial charge on any atom is 0.175 e. The molecule has 0 radical (unpaired) electrons. The zero-order chi connectivity index (χ0) is 13.9. The lowest BCUT2D eigenvalue weighted by atomic mass is 10.0. The van der Waals surface area contributed by atoms with Gasteiger partial charge in [-0.1, -0.05) is 64.5 Å². The van der Waals surface area contributed by atoms with E-state index in [4.69, 9.17) is 0 Å². The average Bonchev–Trinajstić information content (AvgIpc) is 2.39. The molecular formula is C15H15BrO2S. The lowest BCUT2D eigenvalue weighted by Gasteiger charge is -2.13. The van der Waals surface area contributed by atoms with Crippen LogP contribution in [0.5, 0.6) is 0 Å². The van der Waals surface area contributed by atoms with Gasteiger partial charge in [-0.2, -0.15) is 0 Å². The van der Waals surface area contributed by atoms with Crippen molar-refractivity contribution in [3.05, 3.63) is 65.7 Å². The van der Waals surface area contributed by atoms with Crippen LogP contribution in [0.4, 0.5) is 0 Å². The highest BCUT2D eigenvalue weighted by atomic mass is 79.9. The first-order chi connectivity index (χ1) is 8.98. The topological polar surface area (TPSA) is 34.1 Å². The minimum atomic E-state index is -3.18. The highest BCUT2D eigenvalue weighted by Crippen LogP contribution is 2.29. The molecule has 2 aromatic carbocycles. The van der Waals surface area contributed by atoms with E-state index in [-0.39, 0.29) is 4.83 Å². The Hall–Kier alpha value is -1.13. The van der Waals surface area contributed by atoms with E-state index >= 15 is 0 Å². The van der Waals surface area contributed by atoms with E-state index in [2.05, 4.69) is 15.9 Å². The van der Waals surface area contributed by atoms with Gasteiger partial charge in [0.25, 0.3) is 0 Å². The summed E-state index contributed by atoms with van der Waals surface area (Å²) in [5.41, 5.74) is 1.99. The first kappa shape index (κ1) is 14.3.